The van der Waals surface area contributed by atoms with Crippen molar-refractivity contribution in [3.05, 3.63) is 87.9 Å². The molecule has 31 heavy (non-hydrogen) atoms. The minimum absolute atomic E-state index is 0.507. The van der Waals surface area contributed by atoms with Crippen LogP contribution in [0.2, 0.25) is 10.0 Å². The summed E-state index contributed by atoms with van der Waals surface area (Å²) < 4.78 is 12.8. The van der Waals surface area contributed by atoms with Gasteiger partial charge in [-0.2, -0.15) is 5.10 Å². The van der Waals surface area contributed by atoms with E-state index >= 15 is 0 Å². The van der Waals surface area contributed by atoms with Crippen molar-refractivity contribution in [3.63, 3.8) is 0 Å². The van der Waals surface area contributed by atoms with Crippen LogP contribution < -0.4 is 9.47 Å². The maximum absolute atomic E-state index is 6.47. The summed E-state index contributed by atoms with van der Waals surface area (Å²) in [5.41, 5.74) is 5.90. The van der Waals surface area contributed by atoms with E-state index < -0.39 is 0 Å². The summed E-state index contributed by atoms with van der Waals surface area (Å²) in [5, 5.41) is 6.19. The highest BCUT2D eigenvalue weighted by atomic mass is 35.5. The molecular weight excluding hydrogens is 431 g/mol. The summed E-state index contributed by atoms with van der Waals surface area (Å²) in [6.45, 7) is 2.59. The Balaban J connectivity index is 1.88. The van der Waals surface area contributed by atoms with Crippen LogP contribution in [0.4, 0.5) is 0 Å². The fourth-order valence-electron chi connectivity index (χ4n) is 3.66. The van der Waals surface area contributed by atoms with Gasteiger partial charge in [-0.05, 0) is 48.9 Å². The molecule has 1 heterocycles. The van der Waals surface area contributed by atoms with Gasteiger partial charge in [-0.25, -0.2) is 0 Å². The highest BCUT2D eigenvalue weighted by molar-refractivity contribution is 6.35. The Kier molecular flexibility index (Phi) is 6.21. The molecule has 0 atom stereocenters. The average Bonchev–Trinajstić information content (AvgIpc) is 3.11. The zero-order chi connectivity index (χ0) is 22.0. The zero-order valence-electron chi connectivity index (χ0n) is 17.5. The van der Waals surface area contributed by atoms with Gasteiger partial charge in [0.15, 0.2) is 0 Å². The van der Waals surface area contributed by atoms with E-state index in [1.54, 1.807) is 20.3 Å². The minimum atomic E-state index is 0.507. The quantitative estimate of drug-likeness (QED) is 0.319. The van der Waals surface area contributed by atoms with Crippen molar-refractivity contribution in [1.82, 2.24) is 9.78 Å². The first kappa shape index (κ1) is 21.3. The van der Waals surface area contributed by atoms with Gasteiger partial charge in [-0.1, -0.05) is 53.5 Å². The van der Waals surface area contributed by atoms with Gasteiger partial charge in [-0.15, -0.1) is 0 Å². The van der Waals surface area contributed by atoms with Crippen LogP contribution in [-0.4, -0.2) is 24.0 Å². The normalized spacial score (nSPS) is 10.9. The summed E-state index contributed by atoms with van der Waals surface area (Å²) in [4.78, 5) is 0. The lowest BCUT2D eigenvalue weighted by atomic mass is 10.0. The van der Waals surface area contributed by atoms with Gasteiger partial charge < -0.3 is 9.47 Å². The molecule has 0 aliphatic rings. The minimum Gasteiger partial charge on any atom is -0.497 e. The second-order valence-corrected chi connectivity index (χ2v) is 8.02. The number of hydrogen-bond donors (Lipinski definition) is 0. The van der Waals surface area contributed by atoms with Gasteiger partial charge >= 0.3 is 0 Å². The molecular formula is C25H22Cl2N2O2. The number of halogens is 2. The number of aromatic nitrogens is 2. The van der Waals surface area contributed by atoms with E-state index in [2.05, 4.69) is 13.0 Å². The standard InChI is InChI=1S/C25H22Cl2N2O2/c1-16-24(17-6-4-8-21(12-17)30-2)28-29(15-19-10-11-20(26)14-23(19)27)25(16)18-7-5-9-22(13-18)31-3/h4-14H,15H2,1-3H3. The van der Waals surface area contributed by atoms with Crippen LogP contribution in [0.25, 0.3) is 22.5 Å². The maximum atomic E-state index is 6.47. The zero-order valence-corrected chi connectivity index (χ0v) is 19.0. The topological polar surface area (TPSA) is 36.3 Å². The van der Waals surface area contributed by atoms with Crippen molar-refractivity contribution in [2.45, 2.75) is 13.5 Å². The highest BCUT2D eigenvalue weighted by Crippen LogP contribution is 2.35. The number of benzene rings is 3. The van der Waals surface area contributed by atoms with Crippen molar-refractivity contribution in [1.29, 1.82) is 0 Å². The predicted octanol–water partition coefficient (Wildman–Crippen LogP) is 6.90. The van der Waals surface area contributed by atoms with Gasteiger partial charge in [0.25, 0.3) is 0 Å². The molecule has 6 heteroatoms. The Morgan fingerprint density at radius 3 is 2.13 bits per heavy atom. The van der Waals surface area contributed by atoms with Crippen LogP contribution in [0.3, 0.4) is 0 Å². The van der Waals surface area contributed by atoms with Crippen LogP contribution in [0, 0.1) is 6.92 Å². The molecule has 0 spiro atoms. The fraction of sp³-hybridized carbons (Fsp3) is 0.160. The maximum Gasteiger partial charge on any atom is 0.119 e. The first-order valence-electron chi connectivity index (χ1n) is 9.80. The molecule has 4 rings (SSSR count). The molecule has 0 amide bonds. The third kappa shape index (κ3) is 4.41. The molecule has 0 unspecified atom stereocenters. The van der Waals surface area contributed by atoms with E-state index in [1.807, 2.05) is 59.3 Å². The van der Waals surface area contributed by atoms with E-state index in [0.29, 0.717) is 16.6 Å². The van der Waals surface area contributed by atoms with Gasteiger partial charge in [0.2, 0.25) is 0 Å². The molecule has 4 nitrogen and oxygen atoms in total. The molecule has 0 saturated heterocycles. The number of hydrogen-bond acceptors (Lipinski definition) is 3. The molecule has 158 valence electrons. The number of nitrogens with zero attached hydrogens (tertiary/aromatic N) is 2. The van der Waals surface area contributed by atoms with E-state index in [9.17, 15) is 0 Å². The lowest BCUT2D eigenvalue weighted by molar-refractivity contribution is 0.415. The third-order valence-electron chi connectivity index (χ3n) is 5.21. The molecule has 0 fully saturated rings. The average molecular weight is 453 g/mol. The molecule has 0 saturated carbocycles. The van der Waals surface area contributed by atoms with E-state index in [1.165, 1.54) is 0 Å². The third-order valence-corrected chi connectivity index (χ3v) is 5.80. The van der Waals surface area contributed by atoms with Gasteiger partial charge in [-0.3, -0.25) is 4.68 Å². The summed E-state index contributed by atoms with van der Waals surface area (Å²) in [6.07, 6.45) is 0. The van der Waals surface area contributed by atoms with Gasteiger partial charge in [0.05, 0.1) is 32.2 Å². The number of rotatable bonds is 6. The molecule has 0 radical (unpaired) electrons. The van der Waals surface area contributed by atoms with E-state index in [4.69, 9.17) is 37.8 Å². The SMILES string of the molecule is COc1cccc(-c2nn(Cc3ccc(Cl)cc3Cl)c(-c3cccc(OC)c3)c2C)c1. The van der Waals surface area contributed by atoms with Gasteiger partial charge in [0.1, 0.15) is 11.5 Å². The van der Waals surface area contributed by atoms with E-state index in [0.717, 1.165) is 45.1 Å². The van der Waals surface area contributed by atoms with Crippen molar-refractivity contribution < 1.29 is 9.47 Å². The second-order valence-electron chi connectivity index (χ2n) is 7.18. The molecule has 0 aliphatic heterocycles. The number of methoxy groups -OCH3 is 2. The molecule has 4 aromatic rings. The van der Waals surface area contributed by atoms with Crippen LogP contribution >= 0.6 is 23.2 Å². The predicted molar refractivity (Wildman–Crippen MR) is 127 cm³/mol. The smallest absolute Gasteiger partial charge is 0.119 e. The van der Waals surface area contributed by atoms with Crippen molar-refractivity contribution in [3.8, 4) is 34.0 Å². The Hall–Kier alpha value is -2.95. The van der Waals surface area contributed by atoms with Crippen molar-refractivity contribution >= 4 is 23.2 Å². The molecule has 1 aromatic heterocycles. The summed E-state index contributed by atoms with van der Waals surface area (Å²) in [6, 6.07) is 21.4. The highest BCUT2D eigenvalue weighted by Gasteiger charge is 2.19. The Morgan fingerprint density at radius 1 is 0.839 bits per heavy atom. The Morgan fingerprint density at radius 2 is 1.48 bits per heavy atom. The van der Waals surface area contributed by atoms with Gasteiger partial charge in [0, 0.05) is 26.7 Å². The summed E-state index contributed by atoms with van der Waals surface area (Å²) >= 11 is 12.6. The van der Waals surface area contributed by atoms with E-state index in [-0.39, 0.29) is 0 Å². The lowest BCUT2D eigenvalue weighted by Gasteiger charge is -2.11. The Labute approximate surface area is 192 Å². The summed E-state index contributed by atoms with van der Waals surface area (Å²) in [7, 11) is 3.33. The Bertz CT molecular complexity index is 1230. The summed E-state index contributed by atoms with van der Waals surface area (Å²) in [5.74, 6) is 1.58. The van der Waals surface area contributed by atoms with Crippen molar-refractivity contribution in [2.24, 2.45) is 0 Å². The largest absolute Gasteiger partial charge is 0.497 e. The molecule has 0 N–H and O–H groups in total. The molecule has 0 aliphatic carbocycles. The van der Waals surface area contributed by atoms with Crippen LogP contribution in [0.15, 0.2) is 66.7 Å². The van der Waals surface area contributed by atoms with Crippen LogP contribution in [0.1, 0.15) is 11.1 Å². The number of ether oxygens (including phenoxy) is 2. The second kappa shape index (κ2) is 9.04. The fourth-order valence-corrected chi connectivity index (χ4v) is 4.13. The first-order chi connectivity index (χ1) is 15.0. The first-order valence-corrected chi connectivity index (χ1v) is 10.6. The van der Waals surface area contributed by atoms with Crippen LogP contribution in [0.5, 0.6) is 11.5 Å². The van der Waals surface area contributed by atoms with Crippen LogP contribution in [-0.2, 0) is 6.54 Å². The molecule has 3 aromatic carbocycles. The monoisotopic (exact) mass is 452 g/mol. The lowest BCUT2D eigenvalue weighted by Crippen LogP contribution is -2.05. The van der Waals surface area contributed by atoms with Crippen molar-refractivity contribution in [2.75, 3.05) is 14.2 Å². The molecule has 0 bridgehead atoms.